The minimum Gasteiger partial charge on any atom is -0.464 e. The number of benzene rings is 3. The van der Waals surface area contributed by atoms with E-state index in [4.69, 9.17) is 4.42 Å². The number of nitrogens with one attached hydrogen (secondary N) is 1. The first-order valence-corrected chi connectivity index (χ1v) is 8.56. The summed E-state index contributed by atoms with van der Waals surface area (Å²) in [4.78, 5) is 3.61. The normalized spacial score (nSPS) is 11.7. The van der Waals surface area contributed by atoms with Crippen LogP contribution < -0.4 is 0 Å². The van der Waals surface area contributed by atoms with Crippen LogP contribution >= 0.6 is 22.6 Å². The highest BCUT2D eigenvalue weighted by atomic mass is 127. The van der Waals surface area contributed by atoms with Crippen molar-refractivity contribution in [2.45, 2.75) is 0 Å². The maximum absolute atomic E-state index is 5.56. The van der Waals surface area contributed by atoms with Gasteiger partial charge in [-0.05, 0) is 52.4 Å². The summed E-state index contributed by atoms with van der Waals surface area (Å²) >= 11 is 2.40. The monoisotopic (exact) mass is 409 g/mol. The highest BCUT2D eigenvalue weighted by Crippen LogP contribution is 2.38. The molecule has 2 aromatic heterocycles. The smallest absolute Gasteiger partial charge is 0.134 e. The number of furan rings is 1. The Hall–Kier alpha value is -2.27. The van der Waals surface area contributed by atoms with Crippen LogP contribution in [0.1, 0.15) is 0 Å². The molecule has 23 heavy (non-hydrogen) atoms. The predicted octanol–water partition coefficient (Wildman–Crippen LogP) is 6.34. The molecule has 0 aliphatic heterocycles. The summed E-state index contributed by atoms with van der Waals surface area (Å²) in [5, 5.41) is 3.64. The topological polar surface area (TPSA) is 28.9 Å². The van der Waals surface area contributed by atoms with Crippen LogP contribution in [0, 0.1) is 3.57 Å². The number of fused-ring (bicyclic) bond motifs is 5. The number of hydrogen-bond donors (Lipinski definition) is 1. The fraction of sp³-hybridized carbons (Fsp3) is 0. The van der Waals surface area contributed by atoms with E-state index >= 15 is 0 Å². The lowest BCUT2D eigenvalue weighted by atomic mass is 10.0. The Kier molecular flexibility index (Phi) is 2.79. The maximum Gasteiger partial charge on any atom is 0.134 e. The van der Waals surface area contributed by atoms with Gasteiger partial charge in [0.15, 0.2) is 0 Å². The van der Waals surface area contributed by atoms with Gasteiger partial charge in [-0.2, -0.15) is 0 Å². The zero-order valence-electron chi connectivity index (χ0n) is 12.1. The zero-order valence-corrected chi connectivity index (χ0v) is 14.3. The van der Waals surface area contributed by atoms with Crippen molar-refractivity contribution in [2.75, 3.05) is 0 Å². The summed E-state index contributed by atoms with van der Waals surface area (Å²) in [5.41, 5.74) is 5.75. The van der Waals surface area contributed by atoms with Crippen molar-refractivity contribution < 1.29 is 4.42 Å². The van der Waals surface area contributed by atoms with Crippen molar-refractivity contribution in [3.63, 3.8) is 0 Å². The lowest BCUT2D eigenvalue weighted by Crippen LogP contribution is -1.83. The van der Waals surface area contributed by atoms with Gasteiger partial charge < -0.3 is 9.40 Å². The summed E-state index contributed by atoms with van der Waals surface area (Å²) in [6.07, 6.45) is 1.76. The Bertz CT molecular complexity index is 1180. The van der Waals surface area contributed by atoms with Gasteiger partial charge in [-0.1, -0.05) is 36.4 Å². The minimum absolute atomic E-state index is 0.929. The average molecular weight is 409 g/mol. The van der Waals surface area contributed by atoms with E-state index in [1.165, 1.54) is 31.0 Å². The highest BCUT2D eigenvalue weighted by Gasteiger charge is 2.13. The standard InChI is InChI=1S/C20H12INO/c21-16-7-2-1-4-12(16)13-5-3-6-15-19-14-10-11-23-18(14)9-8-17(19)22-20(13)15/h1-11,22H. The van der Waals surface area contributed by atoms with E-state index in [-0.39, 0.29) is 0 Å². The minimum atomic E-state index is 0.929. The molecule has 3 heteroatoms. The third-order valence-electron chi connectivity index (χ3n) is 4.39. The number of hydrogen-bond acceptors (Lipinski definition) is 1. The third kappa shape index (κ3) is 1.86. The van der Waals surface area contributed by atoms with E-state index in [0.717, 1.165) is 16.5 Å². The van der Waals surface area contributed by atoms with Gasteiger partial charge in [0.05, 0.1) is 11.8 Å². The Morgan fingerprint density at radius 3 is 2.57 bits per heavy atom. The van der Waals surface area contributed by atoms with E-state index in [2.05, 4.69) is 76.1 Å². The lowest BCUT2D eigenvalue weighted by molar-refractivity contribution is 0.616. The van der Waals surface area contributed by atoms with Crippen molar-refractivity contribution in [1.29, 1.82) is 0 Å². The van der Waals surface area contributed by atoms with Gasteiger partial charge in [0, 0.05) is 30.8 Å². The van der Waals surface area contributed by atoms with E-state index in [0.29, 0.717) is 0 Å². The number of rotatable bonds is 1. The SMILES string of the molecule is Ic1ccccc1-c1cccc2c1[nH]c1ccc3occc3c12. The first-order chi connectivity index (χ1) is 11.3. The molecule has 0 spiro atoms. The summed E-state index contributed by atoms with van der Waals surface area (Å²) in [5.74, 6) is 0. The fourth-order valence-electron chi connectivity index (χ4n) is 3.37. The van der Waals surface area contributed by atoms with Gasteiger partial charge in [0.1, 0.15) is 5.58 Å². The van der Waals surface area contributed by atoms with Crippen LogP contribution in [0.2, 0.25) is 0 Å². The summed E-state index contributed by atoms with van der Waals surface area (Å²) in [6.45, 7) is 0. The van der Waals surface area contributed by atoms with Crippen molar-refractivity contribution in [3.8, 4) is 11.1 Å². The maximum atomic E-state index is 5.56. The highest BCUT2D eigenvalue weighted by molar-refractivity contribution is 14.1. The van der Waals surface area contributed by atoms with Gasteiger partial charge in [0.2, 0.25) is 0 Å². The van der Waals surface area contributed by atoms with Gasteiger partial charge in [-0.25, -0.2) is 0 Å². The average Bonchev–Trinajstić information content (AvgIpc) is 3.18. The van der Waals surface area contributed by atoms with E-state index in [1.54, 1.807) is 6.26 Å². The lowest BCUT2D eigenvalue weighted by Gasteiger charge is -2.06. The molecule has 0 unspecified atom stereocenters. The molecule has 0 saturated heterocycles. The molecular weight excluding hydrogens is 397 g/mol. The van der Waals surface area contributed by atoms with Crippen LogP contribution in [0.5, 0.6) is 0 Å². The van der Waals surface area contributed by atoms with Crippen molar-refractivity contribution in [3.05, 3.63) is 70.5 Å². The molecule has 3 aromatic carbocycles. The van der Waals surface area contributed by atoms with E-state index in [1.807, 2.05) is 12.1 Å². The molecule has 0 aliphatic rings. The quantitative estimate of drug-likeness (QED) is 0.322. The molecule has 0 fully saturated rings. The molecule has 0 radical (unpaired) electrons. The fourth-order valence-corrected chi connectivity index (χ4v) is 4.05. The summed E-state index contributed by atoms with van der Waals surface area (Å²) < 4.78 is 6.82. The van der Waals surface area contributed by atoms with Gasteiger partial charge in [0.25, 0.3) is 0 Å². The van der Waals surface area contributed by atoms with Gasteiger partial charge in [-0.15, -0.1) is 0 Å². The number of para-hydroxylation sites is 1. The molecule has 5 aromatic rings. The Balaban J connectivity index is 1.96. The van der Waals surface area contributed by atoms with Crippen LogP contribution in [0.3, 0.4) is 0 Å². The van der Waals surface area contributed by atoms with E-state index in [9.17, 15) is 0 Å². The predicted molar refractivity (Wildman–Crippen MR) is 104 cm³/mol. The molecule has 1 N–H and O–H groups in total. The zero-order chi connectivity index (χ0) is 15.4. The molecule has 0 bridgehead atoms. The number of aromatic nitrogens is 1. The first-order valence-electron chi connectivity index (χ1n) is 7.48. The van der Waals surface area contributed by atoms with Crippen molar-refractivity contribution >= 4 is 55.4 Å². The number of halogens is 1. The molecule has 110 valence electrons. The largest absolute Gasteiger partial charge is 0.464 e. The summed E-state index contributed by atoms with van der Waals surface area (Å²) in [6, 6.07) is 21.2. The Labute approximate surface area is 146 Å². The third-order valence-corrected chi connectivity index (χ3v) is 5.33. The first kappa shape index (κ1) is 13.2. The second-order valence-corrected chi connectivity index (χ2v) is 6.82. The Morgan fingerprint density at radius 2 is 1.65 bits per heavy atom. The van der Waals surface area contributed by atoms with Crippen LogP contribution in [0.15, 0.2) is 71.3 Å². The van der Waals surface area contributed by atoms with E-state index < -0.39 is 0 Å². The molecule has 5 rings (SSSR count). The van der Waals surface area contributed by atoms with Crippen LogP contribution in [0.4, 0.5) is 0 Å². The number of H-pyrrole nitrogens is 1. The second kappa shape index (κ2) is 4.86. The van der Waals surface area contributed by atoms with Crippen LogP contribution in [0.25, 0.3) is 43.9 Å². The van der Waals surface area contributed by atoms with Gasteiger partial charge >= 0.3 is 0 Å². The second-order valence-electron chi connectivity index (χ2n) is 5.65. The van der Waals surface area contributed by atoms with Crippen LogP contribution in [-0.4, -0.2) is 4.98 Å². The molecule has 2 nitrogen and oxygen atoms in total. The molecular formula is C20H12INO. The van der Waals surface area contributed by atoms with Crippen molar-refractivity contribution in [1.82, 2.24) is 4.98 Å². The van der Waals surface area contributed by atoms with Crippen LogP contribution in [-0.2, 0) is 0 Å². The molecule has 0 saturated carbocycles. The summed E-state index contributed by atoms with van der Waals surface area (Å²) in [7, 11) is 0. The van der Waals surface area contributed by atoms with Crippen molar-refractivity contribution in [2.24, 2.45) is 0 Å². The molecule has 0 aliphatic carbocycles. The molecule has 2 heterocycles. The molecule has 0 atom stereocenters. The van der Waals surface area contributed by atoms with Gasteiger partial charge in [-0.3, -0.25) is 0 Å². The number of aromatic amines is 1. The Morgan fingerprint density at radius 1 is 0.783 bits per heavy atom. The molecule has 0 amide bonds.